The standard InChI is InChI=1S/C16H25NO4/c1-12(2)17-16(3,15(19)20-4)9-10-21-14-8-6-5-7-13(14)11-18/h5-8,12,17-18H,9-11H2,1-4H3. The highest BCUT2D eigenvalue weighted by Gasteiger charge is 2.34. The molecule has 1 atom stereocenters. The molecule has 0 radical (unpaired) electrons. The lowest BCUT2D eigenvalue weighted by atomic mass is 9.97. The first-order valence-corrected chi connectivity index (χ1v) is 7.10. The summed E-state index contributed by atoms with van der Waals surface area (Å²) in [6, 6.07) is 7.45. The van der Waals surface area contributed by atoms with Gasteiger partial charge in [-0.25, -0.2) is 0 Å². The van der Waals surface area contributed by atoms with Gasteiger partial charge in [-0.05, 0) is 26.8 Å². The van der Waals surface area contributed by atoms with Crippen LogP contribution in [0.15, 0.2) is 24.3 Å². The van der Waals surface area contributed by atoms with Crippen molar-refractivity contribution in [3.05, 3.63) is 29.8 Å². The van der Waals surface area contributed by atoms with Crippen LogP contribution in [0.25, 0.3) is 0 Å². The van der Waals surface area contributed by atoms with Gasteiger partial charge >= 0.3 is 5.97 Å². The predicted molar refractivity (Wildman–Crippen MR) is 81.2 cm³/mol. The first kappa shape index (κ1) is 17.5. The van der Waals surface area contributed by atoms with Gasteiger partial charge in [0.25, 0.3) is 0 Å². The second-order valence-corrected chi connectivity index (χ2v) is 5.49. The molecule has 0 heterocycles. The molecule has 21 heavy (non-hydrogen) atoms. The number of nitrogens with one attached hydrogen (secondary N) is 1. The number of carbonyl (C=O) groups excluding carboxylic acids is 1. The van der Waals surface area contributed by atoms with Gasteiger partial charge in [0, 0.05) is 18.0 Å². The van der Waals surface area contributed by atoms with Crippen LogP contribution < -0.4 is 10.1 Å². The highest BCUT2D eigenvalue weighted by Crippen LogP contribution is 2.20. The van der Waals surface area contributed by atoms with E-state index < -0.39 is 5.54 Å². The van der Waals surface area contributed by atoms with Crippen LogP contribution in [0, 0.1) is 0 Å². The normalized spacial score (nSPS) is 13.8. The van der Waals surface area contributed by atoms with Crippen LogP contribution in [-0.4, -0.2) is 36.4 Å². The number of aliphatic hydroxyl groups is 1. The minimum absolute atomic E-state index is 0.0747. The number of benzene rings is 1. The quantitative estimate of drug-likeness (QED) is 0.717. The minimum atomic E-state index is -0.795. The SMILES string of the molecule is COC(=O)C(C)(CCOc1ccccc1CO)NC(C)C. The number of para-hydroxylation sites is 1. The average molecular weight is 295 g/mol. The van der Waals surface area contributed by atoms with E-state index in [1.54, 1.807) is 19.1 Å². The van der Waals surface area contributed by atoms with Crippen LogP contribution >= 0.6 is 0 Å². The number of aliphatic hydroxyl groups excluding tert-OH is 1. The Hall–Kier alpha value is -1.59. The van der Waals surface area contributed by atoms with Crippen molar-refractivity contribution >= 4 is 5.97 Å². The van der Waals surface area contributed by atoms with Crippen molar-refractivity contribution in [2.45, 2.75) is 45.4 Å². The van der Waals surface area contributed by atoms with Gasteiger partial charge in [-0.3, -0.25) is 10.1 Å². The lowest BCUT2D eigenvalue weighted by Gasteiger charge is -2.30. The predicted octanol–water partition coefficient (Wildman–Crippen LogP) is 1.88. The van der Waals surface area contributed by atoms with Crippen molar-refractivity contribution in [3.8, 4) is 5.75 Å². The number of carbonyl (C=O) groups is 1. The van der Waals surface area contributed by atoms with Crippen LogP contribution in [0.5, 0.6) is 5.75 Å². The van der Waals surface area contributed by atoms with Crippen molar-refractivity contribution in [1.29, 1.82) is 0 Å². The summed E-state index contributed by atoms with van der Waals surface area (Å²) in [6.07, 6.45) is 0.470. The van der Waals surface area contributed by atoms with E-state index in [-0.39, 0.29) is 18.6 Å². The number of hydrogen-bond donors (Lipinski definition) is 2. The number of rotatable bonds is 8. The monoisotopic (exact) mass is 295 g/mol. The summed E-state index contributed by atoms with van der Waals surface area (Å²) in [7, 11) is 1.38. The molecule has 0 fully saturated rings. The molecule has 0 aliphatic heterocycles. The van der Waals surface area contributed by atoms with E-state index in [2.05, 4.69) is 5.32 Å². The second kappa shape index (κ2) is 8.00. The van der Waals surface area contributed by atoms with E-state index >= 15 is 0 Å². The molecule has 1 unspecified atom stereocenters. The summed E-state index contributed by atoms with van der Waals surface area (Å²) in [4.78, 5) is 12.0. The lowest BCUT2D eigenvalue weighted by Crippen LogP contribution is -2.53. The summed E-state index contributed by atoms with van der Waals surface area (Å²) in [6.45, 7) is 6.03. The summed E-state index contributed by atoms with van der Waals surface area (Å²) < 4.78 is 10.6. The zero-order valence-electron chi connectivity index (χ0n) is 13.2. The number of ether oxygens (including phenoxy) is 2. The Bertz CT molecular complexity index is 461. The molecular formula is C16H25NO4. The Labute approximate surface area is 126 Å². The Balaban J connectivity index is 2.67. The molecule has 0 aliphatic rings. The smallest absolute Gasteiger partial charge is 0.325 e. The highest BCUT2D eigenvalue weighted by molar-refractivity contribution is 5.80. The van der Waals surface area contributed by atoms with Crippen molar-refractivity contribution < 1.29 is 19.4 Å². The van der Waals surface area contributed by atoms with Gasteiger partial charge in [0.05, 0.1) is 20.3 Å². The van der Waals surface area contributed by atoms with Crippen molar-refractivity contribution in [2.24, 2.45) is 0 Å². The maximum atomic E-state index is 12.0. The van der Waals surface area contributed by atoms with Gasteiger partial charge in [0.2, 0.25) is 0 Å². The molecule has 0 saturated heterocycles. The molecule has 1 rings (SSSR count). The number of methoxy groups -OCH3 is 1. The maximum Gasteiger partial charge on any atom is 0.325 e. The van der Waals surface area contributed by atoms with Gasteiger partial charge in [-0.15, -0.1) is 0 Å². The Morgan fingerprint density at radius 3 is 2.62 bits per heavy atom. The Kier molecular flexibility index (Phi) is 6.65. The van der Waals surface area contributed by atoms with E-state index in [9.17, 15) is 9.90 Å². The van der Waals surface area contributed by atoms with E-state index in [4.69, 9.17) is 9.47 Å². The third kappa shape index (κ3) is 5.02. The van der Waals surface area contributed by atoms with Crippen LogP contribution in [0.1, 0.15) is 32.8 Å². The molecule has 5 nitrogen and oxygen atoms in total. The lowest BCUT2D eigenvalue weighted by molar-refractivity contribution is -0.148. The van der Waals surface area contributed by atoms with Crippen LogP contribution in [0.2, 0.25) is 0 Å². The highest BCUT2D eigenvalue weighted by atomic mass is 16.5. The molecule has 0 amide bonds. The zero-order valence-corrected chi connectivity index (χ0v) is 13.2. The first-order chi connectivity index (χ1) is 9.92. The fraction of sp³-hybridized carbons (Fsp3) is 0.562. The number of esters is 1. The average Bonchev–Trinajstić information content (AvgIpc) is 2.46. The molecule has 1 aromatic rings. The van der Waals surface area contributed by atoms with Crippen molar-refractivity contribution in [1.82, 2.24) is 5.32 Å². The summed E-state index contributed by atoms with van der Waals surface area (Å²) in [5.41, 5.74) is -0.0639. The molecule has 0 spiro atoms. The van der Waals surface area contributed by atoms with Crippen molar-refractivity contribution in [2.75, 3.05) is 13.7 Å². The van der Waals surface area contributed by atoms with Gasteiger partial charge in [-0.1, -0.05) is 18.2 Å². The molecule has 2 N–H and O–H groups in total. The molecule has 0 aromatic heterocycles. The molecule has 0 saturated carbocycles. The molecule has 5 heteroatoms. The third-order valence-corrected chi connectivity index (χ3v) is 3.25. The van der Waals surface area contributed by atoms with Crippen LogP contribution in [0.3, 0.4) is 0 Å². The van der Waals surface area contributed by atoms with E-state index in [1.807, 2.05) is 26.0 Å². The first-order valence-electron chi connectivity index (χ1n) is 7.10. The van der Waals surface area contributed by atoms with E-state index in [0.29, 0.717) is 18.8 Å². The van der Waals surface area contributed by atoms with Gasteiger partial charge in [-0.2, -0.15) is 0 Å². The molecule has 1 aromatic carbocycles. The minimum Gasteiger partial charge on any atom is -0.493 e. The zero-order chi connectivity index (χ0) is 15.9. The fourth-order valence-electron chi connectivity index (χ4n) is 2.24. The number of hydrogen-bond acceptors (Lipinski definition) is 5. The largest absolute Gasteiger partial charge is 0.493 e. The summed E-state index contributed by atoms with van der Waals surface area (Å²) in [5.74, 6) is 0.326. The topological polar surface area (TPSA) is 67.8 Å². The van der Waals surface area contributed by atoms with Gasteiger partial charge < -0.3 is 14.6 Å². The fourth-order valence-corrected chi connectivity index (χ4v) is 2.24. The molecule has 0 aliphatic carbocycles. The molecule has 118 valence electrons. The molecular weight excluding hydrogens is 270 g/mol. The van der Waals surface area contributed by atoms with Crippen LogP contribution in [0.4, 0.5) is 0 Å². The molecule has 0 bridgehead atoms. The summed E-state index contributed by atoms with van der Waals surface area (Å²) >= 11 is 0. The van der Waals surface area contributed by atoms with Gasteiger partial charge in [0.15, 0.2) is 0 Å². The van der Waals surface area contributed by atoms with Crippen LogP contribution in [-0.2, 0) is 16.1 Å². The second-order valence-electron chi connectivity index (χ2n) is 5.49. The Morgan fingerprint density at radius 1 is 1.38 bits per heavy atom. The Morgan fingerprint density at radius 2 is 2.05 bits per heavy atom. The van der Waals surface area contributed by atoms with E-state index in [0.717, 1.165) is 5.56 Å². The van der Waals surface area contributed by atoms with Gasteiger partial charge in [0.1, 0.15) is 11.3 Å². The summed E-state index contributed by atoms with van der Waals surface area (Å²) in [5, 5.41) is 12.5. The maximum absolute atomic E-state index is 12.0. The van der Waals surface area contributed by atoms with Crippen molar-refractivity contribution in [3.63, 3.8) is 0 Å². The van der Waals surface area contributed by atoms with E-state index in [1.165, 1.54) is 7.11 Å². The third-order valence-electron chi connectivity index (χ3n) is 3.25.